The Hall–Kier alpha value is -1.54. The van der Waals surface area contributed by atoms with Gasteiger partial charge in [0, 0.05) is 31.4 Å². The summed E-state index contributed by atoms with van der Waals surface area (Å²) in [6.45, 7) is 2.20. The summed E-state index contributed by atoms with van der Waals surface area (Å²) in [7, 11) is -0.461. The average molecular weight is 427 g/mol. The molecule has 0 fully saturated rings. The van der Waals surface area contributed by atoms with Crippen molar-refractivity contribution in [3.63, 3.8) is 0 Å². The maximum absolute atomic E-state index is 12.3. The zero-order valence-electron chi connectivity index (χ0n) is 15.5. The van der Waals surface area contributed by atoms with Crippen LogP contribution in [0.15, 0.2) is 53.4 Å². The van der Waals surface area contributed by atoms with Crippen LogP contribution in [0.3, 0.4) is 0 Å². The van der Waals surface area contributed by atoms with Gasteiger partial charge in [0.25, 0.3) is 0 Å². The van der Waals surface area contributed by atoms with E-state index in [1.165, 1.54) is 30.2 Å². The van der Waals surface area contributed by atoms with Gasteiger partial charge in [-0.1, -0.05) is 41.9 Å². The number of thioether (sulfide) groups is 1. The fraction of sp³-hybridized carbons (Fsp3) is 0.316. The molecule has 0 bridgehead atoms. The smallest absolute Gasteiger partial charge is 0.242 e. The molecular weight excluding hydrogens is 404 g/mol. The van der Waals surface area contributed by atoms with Crippen LogP contribution in [-0.2, 0) is 27.1 Å². The predicted octanol–water partition coefficient (Wildman–Crippen LogP) is 3.53. The van der Waals surface area contributed by atoms with Gasteiger partial charge in [-0.15, -0.1) is 11.8 Å². The minimum absolute atomic E-state index is 0.0861. The van der Waals surface area contributed by atoms with E-state index >= 15 is 0 Å². The van der Waals surface area contributed by atoms with Crippen LogP contribution in [0.25, 0.3) is 0 Å². The normalized spacial score (nSPS) is 12.8. The number of hydrogen-bond donors (Lipinski definition) is 1. The molecule has 0 spiro atoms. The highest BCUT2D eigenvalue weighted by Crippen LogP contribution is 2.22. The van der Waals surface area contributed by atoms with E-state index in [9.17, 15) is 13.2 Å². The number of rotatable bonds is 8. The van der Waals surface area contributed by atoms with Crippen LogP contribution >= 0.6 is 23.4 Å². The first-order valence-electron chi connectivity index (χ1n) is 8.36. The maximum Gasteiger partial charge on any atom is 0.242 e. The first-order valence-corrected chi connectivity index (χ1v) is 11.2. The Kier molecular flexibility index (Phi) is 7.73. The highest BCUT2D eigenvalue weighted by molar-refractivity contribution is 7.99. The second-order valence-electron chi connectivity index (χ2n) is 6.20. The number of benzene rings is 2. The topological polar surface area (TPSA) is 66.5 Å². The minimum Gasteiger partial charge on any atom is -0.351 e. The van der Waals surface area contributed by atoms with E-state index in [2.05, 4.69) is 5.32 Å². The molecule has 0 aromatic heterocycles. The molecule has 0 saturated heterocycles. The van der Waals surface area contributed by atoms with Crippen LogP contribution in [0.4, 0.5) is 0 Å². The summed E-state index contributed by atoms with van der Waals surface area (Å²) in [4.78, 5) is 12.5. The Morgan fingerprint density at radius 2 is 1.89 bits per heavy atom. The number of hydrogen-bond acceptors (Lipinski definition) is 4. The van der Waals surface area contributed by atoms with Crippen molar-refractivity contribution >= 4 is 39.3 Å². The van der Waals surface area contributed by atoms with Crippen LogP contribution in [-0.4, -0.2) is 38.0 Å². The van der Waals surface area contributed by atoms with Crippen molar-refractivity contribution in [2.24, 2.45) is 0 Å². The quantitative estimate of drug-likeness (QED) is 0.701. The second-order valence-corrected chi connectivity index (χ2v) is 10.1. The number of halogens is 1. The minimum atomic E-state index is -3.47. The summed E-state index contributed by atoms with van der Waals surface area (Å²) in [6, 6.07) is 14.2. The highest BCUT2D eigenvalue weighted by atomic mass is 35.5. The molecule has 0 heterocycles. The lowest BCUT2D eigenvalue weighted by molar-refractivity contribution is -0.120. The Balaban J connectivity index is 1.92. The van der Waals surface area contributed by atoms with Gasteiger partial charge < -0.3 is 5.32 Å². The van der Waals surface area contributed by atoms with Gasteiger partial charge in [0.15, 0.2) is 0 Å². The third-order valence-electron chi connectivity index (χ3n) is 3.96. The van der Waals surface area contributed by atoms with Gasteiger partial charge in [0.2, 0.25) is 15.9 Å². The zero-order chi connectivity index (χ0) is 20.0. The summed E-state index contributed by atoms with van der Waals surface area (Å²) in [5, 5.41) is 3.23. The van der Waals surface area contributed by atoms with Crippen LogP contribution in [0.2, 0.25) is 5.02 Å². The molecule has 0 aliphatic heterocycles. The van der Waals surface area contributed by atoms with E-state index in [4.69, 9.17) is 11.6 Å². The summed E-state index contributed by atoms with van der Waals surface area (Å²) >= 11 is 7.54. The summed E-state index contributed by atoms with van der Waals surface area (Å²) in [5.74, 6) is 0.453. The summed E-state index contributed by atoms with van der Waals surface area (Å²) in [5.41, 5.74) is 1.72. The number of amides is 1. The zero-order valence-corrected chi connectivity index (χ0v) is 17.9. The van der Waals surface area contributed by atoms with Crippen LogP contribution in [0.5, 0.6) is 0 Å². The number of sulfonamides is 1. The molecule has 0 radical (unpaired) electrons. The van der Waals surface area contributed by atoms with E-state index in [-0.39, 0.29) is 16.1 Å². The lowest BCUT2D eigenvalue weighted by Gasteiger charge is -2.14. The molecule has 1 N–H and O–H groups in total. The van der Waals surface area contributed by atoms with Crippen molar-refractivity contribution in [3.05, 3.63) is 64.7 Å². The lowest BCUT2D eigenvalue weighted by Crippen LogP contribution is -2.30. The number of carbonyl (C=O) groups excluding carboxylic acids is 1. The van der Waals surface area contributed by atoms with Crippen molar-refractivity contribution in [2.75, 3.05) is 14.1 Å². The molecule has 8 heteroatoms. The second kappa shape index (κ2) is 9.59. The Morgan fingerprint density at radius 3 is 2.56 bits per heavy atom. The van der Waals surface area contributed by atoms with Crippen LogP contribution in [0.1, 0.15) is 18.1 Å². The van der Waals surface area contributed by atoms with Crippen molar-refractivity contribution in [1.82, 2.24) is 9.62 Å². The predicted molar refractivity (Wildman–Crippen MR) is 111 cm³/mol. The molecule has 1 unspecified atom stereocenters. The van der Waals surface area contributed by atoms with E-state index < -0.39 is 10.0 Å². The number of nitrogens with zero attached hydrogens (tertiary/aromatic N) is 1. The largest absolute Gasteiger partial charge is 0.351 e. The van der Waals surface area contributed by atoms with Gasteiger partial charge in [-0.3, -0.25) is 4.79 Å². The number of nitrogens with one attached hydrogen (secondary N) is 1. The van der Waals surface area contributed by atoms with Gasteiger partial charge >= 0.3 is 0 Å². The third-order valence-corrected chi connectivity index (χ3v) is 7.35. The highest BCUT2D eigenvalue weighted by Gasteiger charge is 2.18. The molecule has 1 atom stereocenters. The number of carbonyl (C=O) groups is 1. The molecule has 2 aromatic carbocycles. The van der Waals surface area contributed by atoms with Crippen molar-refractivity contribution in [2.45, 2.75) is 29.4 Å². The Morgan fingerprint density at radius 1 is 1.19 bits per heavy atom. The van der Waals surface area contributed by atoms with Crippen molar-refractivity contribution < 1.29 is 13.2 Å². The Bertz CT molecular complexity index is 901. The van der Waals surface area contributed by atoms with Gasteiger partial charge in [0.05, 0.1) is 10.1 Å². The first kappa shape index (κ1) is 21.8. The van der Waals surface area contributed by atoms with E-state index in [0.717, 1.165) is 11.1 Å². The lowest BCUT2D eigenvalue weighted by atomic mass is 10.2. The third kappa shape index (κ3) is 5.97. The fourth-order valence-electron chi connectivity index (χ4n) is 2.27. The molecule has 1 amide bonds. The molecule has 2 rings (SSSR count). The molecule has 27 heavy (non-hydrogen) atoms. The molecule has 146 valence electrons. The Labute approximate surface area is 170 Å². The maximum atomic E-state index is 12.3. The fourth-order valence-corrected chi connectivity index (χ4v) is 4.30. The van der Waals surface area contributed by atoms with Crippen molar-refractivity contribution in [1.29, 1.82) is 0 Å². The van der Waals surface area contributed by atoms with Crippen LogP contribution < -0.4 is 5.32 Å². The molecular formula is C19H23ClN2O3S2. The van der Waals surface area contributed by atoms with E-state index in [1.54, 1.807) is 24.3 Å². The molecule has 0 aliphatic carbocycles. The van der Waals surface area contributed by atoms with E-state index in [1.807, 2.05) is 31.2 Å². The molecule has 0 aliphatic rings. The average Bonchev–Trinajstić information content (AvgIpc) is 2.65. The molecule has 0 saturated carbocycles. The van der Waals surface area contributed by atoms with Gasteiger partial charge in [-0.2, -0.15) is 0 Å². The molecule has 2 aromatic rings. The summed E-state index contributed by atoms with van der Waals surface area (Å²) in [6.07, 6.45) is 0. The standard InChI is InChI=1S/C19H23ClN2O3S2/c1-14(19(23)21-12-16-8-4-5-10-18(16)20)26-13-15-7-6-9-17(11-15)27(24,25)22(2)3/h4-11,14H,12-13H2,1-3H3,(H,21,23). The van der Waals surface area contributed by atoms with Gasteiger partial charge in [-0.25, -0.2) is 12.7 Å². The van der Waals surface area contributed by atoms with Crippen molar-refractivity contribution in [3.8, 4) is 0 Å². The van der Waals surface area contributed by atoms with Crippen LogP contribution in [0, 0.1) is 0 Å². The molecule has 5 nitrogen and oxygen atoms in total. The van der Waals surface area contributed by atoms with Gasteiger partial charge in [-0.05, 0) is 36.2 Å². The van der Waals surface area contributed by atoms with E-state index in [0.29, 0.717) is 17.3 Å². The SMILES string of the molecule is CC(SCc1cccc(S(=O)(=O)N(C)C)c1)C(=O)NCc1ccccc1Cl. The monoisotopic (exact) mass is 426 g/mol. The summed E-state index contributed by atoms with van der Waals surface area (Å²) < 4.78 is 25.6. The van der Waals surface area contributed by atoms with Gasteiger partial charge in [0.1, 0.15) is 0 Å². The first-order chi connectivity index (χ1) is 12.7.